The lowest BCUT2D eigenvalue weighted by Gasteiger charge is -2.33. The Kier molecular flexibility index (Phi) is 7.33. The van der Waals surface area contributed by atoms with Crippen molar-refractivity contribution in [3.05, 3.63) is 83.5 Å². The molecule has 0 fully saturated rings. The fourth-order valence-electron chi connectivity index (χ4n) is 4.52. The zero-order valence-corrected chi connectivity index (χ0v) is 20.1. The van der Waals surface area contributed by atoms with Gasteiger partial charge in [0.15, 0.2) is 5.78 Å². The maximum absolute atomic E-state index is 12.8. The molecule has 5 nitrogen and oxygen atoms in total. The van der Waals surface area contributed by atoms with Crippen LogP contribution in [0.25, 0.3) is 0 Å². The molecule has 1 aliphatic rings. The molecule has 0 bridgehead atoms. The molecule has 0 saturated carbocycles. The van der Waals surface area contributed by atoms with Crippen LogP contribution >= 0.6 is 0 Å². The molecule has 5 heteroatoms. The third kappa shape index (κ3) is 6.26. The topological polar surface area (TPSA) is 82.2 Å². The van der Waals surface area contributed by atoms with Gasteiger partial charge in [-0.3, -0.25) is 4.79 Å². The molecule has 174 valence electrons. The number of phenols is 1. The van der Waals surface area contributed by atoms with Gasteiger partial charge in [-0.05, 0) is 46.9 Å². The second-order valence-electron chi connectivity index (χ2n) is 10.5. The van der Waals surface area contributed by atoms with Crippen LogP contribution in [0.4, 0.5) is 5.69 Å². The van der Waals surface area contributed by atoms with Crippen LogP contribution in [0.1, 0.15) is 63.4 Å². The van der Waals surface area contributed by atoms with Gasteiger partial charge in [0, 0.05) is 5.56 Å². The van der Waals surface area contributed by atoms with Crippen LogP contribution in [-0.4, -0.2) is 28.1 Å². The number of aromatic hydroxyl groups is 1. The van der Waals surface area contributed by atoms with E-state index in [1.165, 1.54) is 0 Å². The monoisotopic (exact) mass is 446 g/mol. The van der Waals surface area contributed by atoms with E-state index in [4.69, 9.17) is 0 Å². The summed E-state index contributed by atoms with van der Waals surface area (Å²) < 4.78 is 0. The van der Waals surface area contributed by atoms with Gasteiger partial charge in [0.25, 0.3) is 0 Å². The maximum atomic E-state index is 12.8. The molecule has 2 aromatic carbocycles. The number of phenolic OH excluding ortho intramolecular Hbond substituents is 1. The van der Waals surface area contributed by atoms with Crippen molar-refractivity contribution in [1.29, 1.82) is 0 Å². The Morgan fingerprint density at radius 2 is 1.79 bits per heavy atom. The van der Waals surface area contributed by atoms with Crippen molar-refractivity contribution < 1.29 is 15.0 Å². The molecule has 0 amide bonds. The molecule has 0 aromatic heterocycles. The number of allylic oxidation sites excluding steroid dienone is 2. The summed E-state index contributed by atoms with van der Waals surface area (Å²) in [5.74, 6) is -0.321. The summed E-state index contributed by atoms with van der Waals surface area (Å²) in [5.41, 5.74) is 2.45. The molecule has 2 atom stereocenters. The average molecular weight is 447 g/mol. The van der Waals surface area contributed by atoms with Crippen molar-refractivity contribution in [3.8, 4) is 5.75 Å². The zero-order valence-electron chi connectivity index (χ0n) is 20.1. The highest BCUT2D eigenvalue weighted by Gasteiger charge is 2.29. The van der Waals surface area contributed by atoms with Crippen molar-refractivity contribution in [2.24, 2.45) is 15.6 Å². The van der Waals surface area contributed by atoms with Crippen LogP contribution in [0.5, 0.6) is 5.75 Å². The Morgan fingerprint density at radius 3 is 2.45 bits per heavy atom. The first-order chi connectivity index (χ1) is 15.5. The molecule has 0 heterocycles. The lowest BCUT2D eigenvalue weighted by Crippen LogP contribution is -2.29. The smallest absolute Gasteiger partial charge is 0.195 e. The standard InChI is InChI=1S/C28H34N2O3/c1-27(2,3)18-28(4,5)20-15-16-24(31)23(17-20)30-29-22-14-10-9-13-21(22)26(33)25(32)19-11-7-6-8-12-19/h6-13,15-17,22,26,31,33H,14,18H2,1-5H3. The first-order valence-electron chi connectivity index (χ1n) is 11.4. The molecule has 0 saturated heterocycles. The highest BCUT2D eigenvalue weighted by Crippen LogP contribution is 2.39. The SMILES string of the molecule is CC(C)(C)CC(C)(C)c1ccc(O)c(N=NC2CC=CC=C2C(O)C(=O)c2ccccc2)c1. The van der Waals surface area contributed by atoms with Gasteiger partial charge in [-0.25, -0.2) is 0 Å². The summed E-state index contributed by atoms with van der Waals surface area (Å²) in [4.78, 5) is 12.8. The van der Waals surface area contributed by atoms with Crippen molar-refractivity contribution in [2.45, 2.75) is 65.0 Å². The van der Waals surface area contributed by atoms with Crippen LogP contribution in [0.3, 0.4) is 0 Å². The minimum Gasteiger partial charge on any atom is -0.506 e. The average Bonchev–Trinajstić information content (AvgIpc) is 2.76. The minimum atomic E-state index is -1.30. The molecule has 0 radical (unpaired) electrons. The highest BCUT2D eigenvalue weighted by molar-refractivity contribution is 6.01. The Balaban J connectivity index is 1.84. The predicted molar refractivity (Wildman–Crippen MR) is 132 cm³/mol. The molecule has 2 aromatic rings. The van der Waals surface area contributed by atoms with E-state index in [1.54, 1.807) is 36.4 Å². The van der Waals surface area contributed by atoms with E-state index in [0.29, 0.717) is 23.2 Å². The van der Waals surface area contributed by atoms with E-state index in [0.717, 1.165) is 12.0 Å². The predicted octanol–water partition coefficient (Wildman–Crippen LogP) is 6.69. The van der Waals surface area contributed by atoms with Gasteiger partial charge in [0.1, 0.15) is 17.5 Å². The number of azo groups is 1. The second-order valence-corrected chi connectivity index (χ2v) is 10.5. The van der Waals surface area contributed by atoms with E-state index >= 15 is 0 Å². The Morgan fingerprint density at radius 1 is 1.09 bits per heavy atom. The number of benzene rings is 2. The molecule has 2 unspecified atom stereocenters. The summed E-state index contributed by atoms with van der Waals surface area (Å²) in [7, 11) is 0. The summed E-state index contributed by atoms with van der Waals surface area (Å²) in [6.45, 7) is 11.0. The molecular formula is C28H34N2O3. The Hall–Kier alpha value is -3.05. The Bertz CT molecular complexity index is 1080. The number of nitrogens with zero attached hydrogens (tertiary/aromatic N) is 2. The number of aliphatic hydroxyl groups excluding tert-OH is 1. The zero-order chi connectivity index (χ0) is 24.2. The van der Waals surface area contributed by atoms with Crippen LogP contribution in [0.2, 0.25) is 0 Å². The number of aliphatic hydroxyl groups is 1. The second kappa shape index (κ2) is 9.84. The number of hydrogen-bond donors (Lipinski definition) is 2. The van der Waals surface area contributed by atoms with Crippen LogP contribution in [0.15, 0.2) is 82.6 Å². The van der Waals surface area contributed by atoms with Crippen molar-refractivity contribution in [1.82, 2.24) is 0 Å². The number of Topliss-reactive ketones (excluding diaryl/α,β-unsaturated/α-hetero) is 1. The van der Waals surface area contributed by atoms with Gasteiger partial charge in [-0.1, -0.05) is 89.2 Å². The van der Waals surface area contributed by atoms with Crippen LogP contribution < -0.4 is 0 Å². The Labute approximate surface area is 196 Å². The molecule has 0 spiro atoms. The number of carbonyl (C=O) groups is 1. The first-order valence-corrected chi connectivity index (χ1v) is 11.4. The third-order valence-corrected chi connectivity index (χ3v) is 5.83. The van der Waals surface area contributed by atoms with Crippen molar-refractivity contribution in [3.63, 3.8) is 0 Å². The lowest BCUT2D eigenvalue weighted by molar-refractivity contribution is 0.0796. The largest absolute Gasteiger partial charge is 0.506 e. The lowest BCUT2D eigenvalue weighted by atomic mass is 9.72. The molecular weight excluding hydrogens is 412 g/mol. The van der Waals surface area contributed by atoms with Gasteiger partial charge in [0.05, 0.1) is 6.04 Å². The van der Waals surface area contributed by atoms with Crippen LogP contribution in [0, 0.1) is 5.41 Å². The summed E-state index contributed by atoms with van der Waals surface area (Å²) in [6, 6.07) is 13.7. The molecule has 0 aliphatic heterocycles. The minimum absolute atomic E-state index is 0.0480. The normalized spacial score (nSPS) is 17.8. The molecule has 3 rings (SSSR count). The van der Waals surface area contributed by atoms with Crippen molar-refractivity contribution in [2.75, 3.05) is 0 Å². The molecule has 1 aliphatic carbocycles. The maximum Gasteiger partial charge on any atom is 0.195 e. The van der Waals surface area contributed by atoms with Gasteiger partial charge in [-0.15, -0.1) is 0 Å². The van der Waals surface area contributed by atoms with Gasteiger partial charge in [-0.2, -0.15) is 10.2 Å². The van der Waals surface area contributed by atoms with E-state index in [1.807, 2.05) is 30.4 Å². The van der Waals surface area contributed by atoms with Gasteiger partial charge >= 0.3 is 0 Å². The third-order valence-electron chi connectivity index (χ3n) is 5.83. The first kappa shape index (κ1) is 24.6. The van der Waals surface area contributed by atoms with E-state index in [-0.39, 0.29) is 22.4 Å². The van der Waals surface area contributed by atoms with Crippen molar-refractivity contribution >= 4 is 11.5 Å². The summed E-state index contributed by atoms with van der Waals surface area (Å²) in [6.07, 6.45) is 5.65. The fourth-order valence-corrected chi connectivity index (χ4v) is 4.52. The van der Waals surface area contributed by atoms with E-state index in [2.05, 4.69) is 44.8 Å². The number of ketones is 1. The number of rotatable bonds is 7. The quantitative estimate of drug-likeness (QED) is 0.367. The summed E-state index contributed by atoms with van der Waals surface area (Å²) >= 11 is 0. The highest BCUT2D eigenvalue weighted by atomic mass is 16.3. The fraction of sp³-hybridized carbons (Fsp3) is 0.393. The van der Waals surface area contributed by atoms with Crippen LogP contribution in [-0.2, 0) is 5.41 Å². The van der Waals surface area contributed by atoms with E-state index < -0.39 is 12.1 Å². The summed E-state index contributed by atoms with van der Waals surface area (Å²) in [5, 5.41) is 29.9. The molecule has 2 N–H and O–H groups in total. The van der Waals surface area contributed by atoms with Gasteiger partial charge < -0.3 is 10.2 Å². The number of hydrogen-bond acceptors (Lipinski definition) is 5. The van der Waals surface area contributed by atoms with E-state index in [9.17, 15) is 15.0 Å². The molecule has 33 heavy (non-hydrogen) atoms. The number of carbonyl (C=O) groups excluding carboxylic acids is 1. The van der Waals surface area contributed by atoms with Gasteiger partial charge in [0.2, 0.25) is 0 Å².